The molecule has 0 aliphatic carbocycles. The van der Waals surface area contributed by atoms with Crippen molar-refractivity contribution in [3.8, 4) is 5.75 Å². The first-order valence-electron chi connectivity index (χ1n) is 4.99. The summed E-state index contributed by atoms with van der Waals surface area (Å²) < 4.78 is 5.12. The van der Waals surface area contributed by atoms with Crippen molar-refractivity contribution in [1.29, 1.82) is 0 Å². The fourth-order valence-corrected chi connectivity index (χ4v) is 1.66. The first kappa shape index (κ1) is 10.5. The summed E-state index contributed by atoms with van der Waals surface area (Å²) in [6.07, 6.45) is 1.87. The van der Waals surface area contributed by atoms with Crippen molar-refractivity contribution in [2.75, 3.05) is 0 Å². The number of hydrogen-bond donors (Lipinski definition) is 1. The van der Waals surface area contributed by atoms with E-state index in [-0.39, 0.29) is 11.3 Å². The average Bonchev–Trinajstić information content (AvgIpc) is 2.26. The first-order valence-corrected chi connectivity index (χ1v) is 4.99. The lowest BCUT2D eigenvalue weighted by atomic mass is 10.1. The van der Waals surface area contributed by atoms with Gasteiger partial charge in [0, 0.05) is 6.42 Å². The predicted octanol–water partition coefficient (Wildman–Crippen LogP) is 2.54. The number of benzene rings is 1. The minimum Gasteiger partial charge on any atom is -0.507 e. The first-order chi connectivity index (χ1) is 7.63. The molecule has 1 N–H and O–H groups in total. The molecule has 0 unspecified atom stereocenters. The second kappa shape index (κ2) is 3.85. The van der Waals surface area contributed by atoms with Crippen molar-refractivity contribution in [3.05, 3.63) is 52.4 Å². The van der Waals surface area contributed by atoms with Gasteiger partial charge in [0.1, 0.15) is 11.3 Å². The van der Waals surface area contributed by atoms with Crippen molar-refractivity contribution in [2.24, 2.45) is 0 Å². The van der Waals surface area contributed by atoms with E-state index in [1.165, 1.54) is 0 Å². The largest absolute Gasteiger partial charge is 0.507 e. The zero-order chi connectivity index (χ0) is 11.7. The summed E-state index contributed by atoms with van der Waals surface area (Å²) in [6.45, 7) is 5.46. The van der Waals surface area contributed by atoms with Crippen molar-refractivity contribution in [3.63, 3.8) is 0 Å². The van der Waals surface area contributed by atoms with Gasteiger partial charge in [-0.1, -0.05) is 17.7 Å². The lowest BCUT2D eigenvalue weighted by Gasteiger charge is -2.04. The van der Waals surface area contributed by atoms with Gasteiger partial charge in [0.05, 0.1) is 10.9 Å². The van der Waals surface area contributed by atoms with E-state index in [1.54, 1.807) is 18.2 Å². The van der Waals surface area contributed by atoms with E-state index in [4.69, 9.17) is 4.42 Å². The van der Waals surface area contributed by atoms with E-state index >= 15 is 0 Å². The van der Waals surface area contributed by atoms with Gasteiger partial charge < -0.3 is 9.52 Å². The van der Waals surface area contributed by atoms with Crippen LogP contribution >= 0.6 is 0 Å². The Morgan fingerprint density at radius 3 is 2.94 bits per heavy atom. The summed E-state index contributed by atoms with van der Waals surface area (Å²) in [5, 5.41) is 10.5. The molecule has 0 aliphatic heterocycles. The number of aromatic hydroxyl groups is 1. The third-order valence-electron chi connectivity index (χ3n) is 2.47. The monoisotopic (exact) mass is 216 g/mol. The van der Waals surface area contributed by atoms with Gasteiger partial charge in [-0.05, 0) is 19.1 Å². The summed E-state index contributed by atoms with van der Waals surface area (Å²) in [6, 6.07) is 5.31. The Bertz CT molecular complexity index is 608. The predicted molar refractivity (Wildman–Crippen MR) is 62.8 cm³/mol. The van der Waals surface area contributed by atoms with Crippen LogP contribution in [-0.2, 0) is 6.42 Å². The molecule has 1 aromatic heterocycles. The topological polar surface area (TPSA) is 50.4 Å². The lowest BCUT2D eigenvalue weighted by molar-refractivity contribution is 0.459. The maximum atomic E-state index is 11.6. The molecule has 0 saturated heterocycles. The van der Waals surface area contributed by atoms with E-state index in [1.807, 2.05) is 13.0 Å². The van der Waals surface area contributed by atoms with E-state index in [0.29, 0.717) is 17.4 Å². The Morgan fingerprint density at radius 1 is 1.50 bits per heavy atom. The molecule has 0 saturated carbocycles. The van der Waals surface area contributed by atoms with Crippen LogP contribution in [-0.4, -0.2) is 5.11 Å². The minimum absolute atomic E-state index is 0.00477. The molecule has 16 heavy (non-hydrogen) atoms. The van der Waals surface area contributed by atoms with Gasteiger partial charge in [0.25, 0.3) is 0 Å². The Labute approximate surface area is 92.6 Å². The standard InChI is InChI=1S/C13H12O3/c1-3-4-9-12(14)10-7-8(2)5-6-11(10)16-13(9)15/h3,5-7,14H,1,4H2,2H3. The molecule has 0 spiro atoms. The van der Waals surface area contributed by atoms with Crippen LogP contribution in [0.3, 0.4) is 0 Å². The molecule has 0 atom stereocenters. The molecular formula is C13H12O3. The van der Waals surface area contributed by atoms with Crippen molar-refractivity contribution in [1.82, 2.24) is 0 Å². The van der Waals surface area contributed by atoms with Crippen molar-refractivity contribution < 1.29 is 9.52 Å². The molecule has 3 nitrogen and oxygen atoms in total. The molecule has 1 aromatic carbocycles. The van der Waals surface area contributed by atoms with E-state index < -0.39 is 5.63 Å². The highest BCUT2D eigenvalue weighted by Gasteiger charge is 2.12. The molecule has 0 bridgehead atoms. The van der Waals surface area contributed by atoms with Gasteiger partial charge in [-0.15, -0.1) is 6.58 Å². The molecule has 82 valence electrons. The van der Waals surface area contributed by atoms with Gasteiger partial charge in [-0.2, -0.15) is 0 Å². The molecule has 3 heteroatoms. The Morgan fingerprint density at radius 2 is 2.25 bits per heavy atom. The van der Waals surface area contributed by atoms with Gasteiger partial charge in [0.2, 0.25) is 0 Å². The Kier molecular flexibility index (Phi) is 2.52. The molecular weight excluding hydrogens is 204 g/mol. The van der Waals surface area contributed by atoms with Gasteiger partial charge in [-0.3, -0.25) is 0 Å². The summed E-state index contributed by atoms with van der Waals surface area (Å²) in [5.41, 5.74) is 1.16. The lowest BCUT2D eigenvalue weighted by Crippen LogP contribution is -2.06. The van der Waals surface area contributed by atoms with Crippen LogP contribution in [0, 0.1) is 6.92 Å². The van der Waals surface area contributed by atoms with Crippen LogP contribution in [0.1, 0.15) is 11.1 Å². The van der Waals surface area contributed by atoms with Crippen LogP contribution < -0.4 is 5.63 Å². The second-order valence-corrected chi connectivity index (χ2v) is 3.71. The maximum Gasteiger partial charge on any atom is 0.343 e. The third kappa shape index (κ3) is 1.60. The second-order valence-electron chi connectivity index (χ2n) is 3.71. The fraction of sp³-hybridized carbons (Fsp3) is 0.154. The highest BCUT2D eigenvalue weighted by atomic mass is 16.4. The summed E-state index contributed by atoms with van der Waals surface area (Å²) in [4.78, 5) is 11.6. The minimum atomic E-state index is -0.506. The number of fused-ring (bicyclic) bond motifs is 1. The maximum absolute atomic E-state index is 11.6. The molecule has 0 amide bonds. The number of rotatable bonds is 2. The Balaban J connectivity index is 2.84. The van der Waals surface area contributed by atoms with Crippen LogP contribution in [0.15, 0.2) is 40.1 Å². The molecule has 0 radical (unpaired) electrons. The number of allylic oxidation sites excluding steroid dienone is 1. The Hall–Kier alpha value is -2.03. The highest BCUT2D eigenvalue weighted by Crippen LogP contribution is 2.27. The highest BCUT2D eigenvalue weighted by molar-refractivity contribution is 5.84. The molecule has 2 aromatic rings. The van der Waals surface area contributed by atoms with Gasteiger partial charge >= 0.3 is 5.63 Å². The van der Waals surface area contributed by atoms with Crippen LogP contribution in [0.25, 0.3) is 11.0 Å². The summed E-state index contributed by atoms with van der Waals surface area (Å²) >= 11 is 0. The summed E-state index contributed by atoms with van der Waals surface area (Å²) in [7, 11) is 0. The average molecular weight is 216 g/mol. The van der Waals surface area contributed by atoms with E-state index in [9.17, 15) is 9.90 Å². The zero-order valence-electron chi connectivity index (χ0n) is 8.99. The normalized spacial score (nSPS) is 10.6. The number of hydrogen-bond acceptors (Lipinski definition) is 3. The van der Waals surface area contributed by atoms with E-state index in [2.05, 4.69) is 6.58 Å². The molecule has 0 fully saturated rings. The van der Waals surface area contributed by atoms with Crippen LogP contribution in [0.5, 0.6) is 5.75 Å². The van der Waals surface area contributed by atoms with Gasteiger partial charge in [0.15, 0.2) is 0 Å². The van der Waals surface area contributed by atoms with Crippen LogP contribution in [0.4, 0.5) is 0 Å². The molecule has 1 heterocycles. The smallest absolute Gasteiger partial charge is 0.343 e. The van der Waals surface area contributed by atoms with E-state index in [0.717, 1.165) is 5.56 Å². The van der Waals surface area contributed by atoms with Gasteiger partial charge in [-0.25, -0.2) is 4.79 Å². The molecule has 2 rings (SSSR count). The quantitative estimate of drug-likeness (QED) is 0.620. The third-order valence-corrected chi connectivity index (χ3v) is 2.47. The molecule has 0 aliphatic rings. The zero-order valence-corrected chi connectivity index (χ0v) is 8.99. The fourth-order valence-electron chi connectivity index (χ4n) is 1.66. The van der Waals surface area contributed by atoms with Crippen LogP contribution in [0.2, 0.25) is 0 Å². The summed E-state index contributed by atoms with van der Waals surface area (Å²) in [5.74, 6) is -0.00477. The van der Waals surface area contributed by atoms with Crippen molar-refractivity contribution >= 4 is 11.0 Å². The van der Waals surface area contributed by atoms with Crippen molar-refractivity contribution in [2.45, 2.75) is 13.3 Å². The SMILES string of the molecule is C=CCc1c(O)c2cc(C)ccc2oc1=O. The number of aryl methyl sites for hydroxylation is 1.